The molecule has 0 saturated carbocycles. The maximum Gasteiger partial charge on any atom is 0.0420 e. The number of likely N-dealkylation sites (tertiary alicyclic amines) is 1. The normalized spacial score (nSPS) is 24.4. The van der Waals surface area contributed by atoms with Crippen LogP contribution < -0.4 is 5.73 Å². The number of hydrogen-bond acceptors (Lipinski definition) is 2. The maximum atomic E-state index is 5.77. The van der Waals surface area contributed by atoms with Crippen molar-refractivity contribution >= 4 is 0 Å². The minimum absolute atomic E-state index is 0.369. The lowest BCUT2D eigenvalue weighted by Gasteiger charge is -2.31. The van der Waals surface area contributed by atoms with E-state index in [1.165, 1.54) is 12.8 Å². The molecule has 1 rings (SSSR count). The van der Waals surface area contributed by atoms with E-state index >= 15 is 0 Å². The molecule has 0 aromatic heterocycles. The van der Waals surface area contributed by atoms with E-state index in [2.05, 4.69) is 37.6 Å². The zero-order valence-electron chi connectivity index (χ0n) is 9.87. The van der Waals surface area contributed by atoms with Gasteiger partial charge in [0.15, 0.2) is 0 Å². The van der Waals surface area contributed by atoms with Crippen LogP contribution in [0.4, 0.5) is 0 Å². The number of nitrogens with two attached hydrogens (primary N) is 1. The smallest absolute Gasteiger partial charge is 0.0420 e. The summed E-state index contributed by atoms with van der Waals surface area (Å²) in [6, 6.07) is 0.564. The quantitative estimate of drug-likeness (QED) is 0.716. The second-order valence-electron chi connectivity index (χ2n) is 4.50. The van der Waals surface area contributed by atoms with Gasteiger partial charge in [-0.2, -0.15) is 0 Å². The van der Waals surface area contributed by atoms with E-state index in [9.17, 15) is 0 Å². The van der Waals surface area contributed by atoms with Crippen molar-refractivity contribution in [3.63, 3.8) is 0 Å². The van der Waals surface area contributed by atoms with Gasteiger partial charge < -0.3 is 10.6 Å². The maximum absolute atomic E-state index is 5.77. The van der Waals surface area contributed by atoms with E-state index < -0.39 is 0 Å². The lowest BCUT2D eigenvalue weighted by Crippen LogP contribution is -2.35. The Morgan fingerprint density at radius 3 is 2.80 bits per heavy atom. The van der Waals surface area contributed by atoms with Crippen LogP contribution in [0, 0.1) is 11.8 Å². The van der Waals surface area contributed by atoms with Crippen molar-refractivity contribution in [3.05, 3.63) is 30.8 Å². The fourth-order valence-corrected chi connectivity index (χ4v) is 2.33. The summed E-state index contributed by atoms with van der Waals surface area (Å²) in [6.07, 6.45) is 4.45. The average Bonchev–Trinajstić information content (AvgIpc) is 2.64. The predicted octanol–water partition coefficient (Wildman–Crippen LogP) is 2.49. The van der Waals surface area contributed by atoms with Crippen LogP contribution in [0.25, 0.3) is 0 Å². The van der Waals surface area contributed by atoms with Crippen LogP contribution >= 0.6 is 0 Å². The Morgan fingerprint density at radius 2 is 2.27 bits per heavy atom. The Labute approximate surface area is 93.1 Å². The van der Waals surface area contributed by atoms with Gasteiger partial charge in [-0.3, -0.25) is 0 Å². The summed E-state index contributed by atoms with van der Waals surface area (Å²) in [5, 5.41) is 0. The van der Waals surface area contributed by atoms with Crippen molar-refractivity contribution in [3.8, 4) is 0 Å². The van der Waals surface area contributed by atoms with Gasteiger partial charge in [-0.05, 0) is 24.7 Å². The molecule has 0 aromatic rings. The molecule has 1 fully saturated rings. The molecule has 2 heteroatoms. The standard InChI is InChI=1S/C13H22N2/c1-5-8-15-9-6-7-13(15)11(3)10(2)12(4)14/h8,10-11,13H,1,4,6-7,9,14H2,2-3H3. The van der Waals surface area contributed by atoms with Crippen molar-refractivity contribution in [1.29, 1.82) is 0 Å². The van der Waals surface area contributed by atoms with Crippen LogP contribution in [-0.4, -0.2) is 17.5 Å². The zero-order valence-corrected chi connectivity index (χ0v) is 9.87. The van der Waals surface area contributed by atoms with E-state index in [1.807, 2.05) is 6.20 Å². The van der Waals surface area contributed by atoms with Crippen molar-refractivity contribution in [2.24, 2.45) is 17.6 Å². The Morgan fingerprint density at radius 1 is 1.60 bits per heavy atom. The molecule has 2 nitrogen and oxygen atoms in total. The first kappa shape index (κ1) is 11.9. The van der Waals surface area contributed by atoms with Crippen molar-refractivity contribution < 1.29 is 0 Å². The third kappa shape index (κ3) is 2.66. The Kier molecular flexibility index (Phi) is 4.05. The van der Waals surface area contributed by atoms with Crippen LogP contribution in [0.3, 0.4) is 0 Å². The average molecular weight is 206 g/mol. The van der Waals surface area contributed by atoms with Crippen LogP contribution in [0.1, 0.15) is 26.7 Å². The van der Waals surface area contributed by atoms with Crippen LogP contribution in [0.5, 0.6) is 0 Å². The molecule has 3 unspecified atom stereocenters. The first-order chi connectivity index (χ1) is 7.07. The molecule has 3 atom stereocenters. The highest BCUT2D eigenvalue weighted by Gasteiger charge is 2.30. The zero-order chi connectivity index (χ0) is 11.4. The highest BCUT2D eigenvalue weighted by molar-refractivity contribution is 5.00. The van der Waals surface area contributed by atoms with Gasteiger partial charge in [-0.1, -0.05) is 27.0 Å². The predicted molar refractivity (Wildman–Crippen MR) is 65.1 cm³/mol. The van der Waals surface area contributed by atoms with E-state index in [0.29, 0.717) is 17.9 Å². The Balaban J connectivity index is 2.69. The van der Waals surface area contributed by atoms with Crippen LogP contribution in [-0.2, 0) is 0 Å². The van der Waals surface area contributed by atoms with Gasteiger partial charge in [0, 0.05) is 24.5 Å². The first-order valence-electron chi connectivity index (χ1n) is 5.64. The number of rotatable bonds is 4. The van der Waals surface area contributed by atoms with Gasteiger partial charge in [0.25, 0.3) is 0 Å². The summed E-state index contributed by atoms with van der Waals surface area (Å²) in [4.78, 5) is 2.33. The molecular formula is C13H22N2. The molecule has 15 heavy (non-hydrogen) atoms. The largest absolute Gasteiger partial charge is 0.402 e. The third-order valence-electron chi connectivity index (χ3n) is 3.58. The Bertz CT molecular complexity index is 276. The van der Waals surface area contributed by atoms with Crippen molar-refractivity contribution in [2.75, 3.05) is 6.54 Å². The molecule has 0 radical (unpaired) electrons. The monoisotopic (exact) mass is 206 g/mol. The highest BCUT2D eigenvalue weighted by atomic mass is 15.2. The van der Waals surface area contributed by atoms with Gasteiger partial charge in [0.1, 0.15) is 0 Å². The number of hydrogen-bond donors (Lipinski definition) is 1. The summed E-state index contributed by atoms with van der Waals surface area (Å²) in [6.45, 7) is 13.0. The molecule has 0 aliphatic carbocycles. The van der Waals surface area contributed by atoms with E-state index in [-0.39, 0.29) is 0 Å². The molecule has 0 aromatic carbocycles. The SMILES string of the molecule is C=C=CN1CCCC1C(C)C(C)C(=C)N. The molecule has 1 heterocycles. The molecule has 1 saturated heterocycles. The second-order valence-corrected chi connectivity index (χ2v) is 4.50. The van der Waals surface area contributed by atoms with E-state index in [0.717, 1.165) is 12.2 Å². The minimum atomic E-state index is 0.369. The molecule has 0 spiro atoms. The minimum Gasteiger partial charge on any atom is -0.402 e. The lowest BCUT2D eigenvalue weighted by atomic mass is 9.86. The van der Waals surface area contributed by atoms with Gasteiger partial charge in [-0.25, -0.2) is 0 Å². The molecule has 0 bridgehead atoms. The summed E-state index contributed by atoms with van der Waals surface area (Å²) in [5.74, 6) is 0.906. The van der Waals surface area contributed by atoms with Crippen LogP contribution in [0.15, 0.2) is 30.8 Å². The molecule has 1 aliphatic heterocycles. The number of nitrogens with zero attached hydrogens (tertiary/aromatic N) is 1. The second kappa shape index (κ2) is 5.09. The molecular weight excluding hydrogens is 184 g/mol. The first-order valence-corrected chi connectivity index (χ1v) is 5.64. The third-order valence-corrected chi connectivity index (χ3v) is 3.58. The van der Waals surface area contributed by atoms with Gasteiger partial charge >= 0.3 is 0 Å². The summed E-state index contributed by atoms with van der Waals surface area (Å²) in [5.41, 5.74) is 9.42. The van der Waals surface area contributed by atoms with Gasteiger partial charge in [0.05, 0.1) is 0 Å². The summed E-state index contributed by atoms with van der Waals surface area (Å²) < 4.78 is 0. The fraction of sp³-hybridized carbons (Fsp3) is 0.615. The summed E-state index contributed by atoms with van der Waals surface area (Å²) in [7, 11) is 0. The molecule has 0 amide bonds. The molecule has 84 valence electrons. The van der Waals surface area contributed by atoms with E-state index in [4.69, 9.17) is 5.73 Å². The van der Waals surface area contributed by atoms with Gasteiger partial charge in [-0.15, -0.1) is 5.73 Å². The Hall–Kier alpha value is -1.14. The van der Waals surface area contributed by atoms with E-state index in [1.54, 1.807) is 0 Å². The summed E-state index contributed by atoms with van der Waals surface area (Å²) >= 11 is 0. The topological polar surface area (TPSA) is 29.3 Å². The van der Waals surface area contributed by atoms with Gasteiger partial charge in [0.2, 0.25) is 0 Å². The van der Waals surface area contributed by atoms with Crippen molar-refractivity contribution in [2.45, 2.75) is 32.7 Å². The van der Waals surface area contributed by atoms with Crippen molar-refractivity contribution in [1.82, 2.24) is 4.90 Å². The highest BCUT2D eigenvalue weighted by Crippen LogP contribution is 2.30. The fourth-order valence-electron chi connectivity index (χ4n) is 2.33. The van der Waals surface area contributed by atoms with Crippen LogP contribution in [0.2, 0.25) is 0 Å². The molecule has 2 N–H and O–H groups in total. The number of allylic oxidation sites excluding steroid dienone is 1. The molecule has 1 aliphatic rings. The lowest BCUT2D eigenvalue weighted by molar-refractivity contribution is 0.227.